The molecule has 1 amide bonds. The van der Waals surface area contributed by atoms with Crippen LogP contribution < -0.4 is 4.74 Å². The number of aliphatic imine (C=N–C) groups is 1. The molecule has 0 unspecified atom stereocenters. The number of aromatic nitrogens is 1. The van der Waals surface area contributed by atoms with Crippen LogP contribution in [-0.2, 0) is 4.79 Å². The molecule has 0 radical (unpaired) electrons. The number of hydrogen-bond donors (Lipinski definition) is 1. The molecule has 3 aromatic rings. The number of rotatable bonds is 5. The highest BCUT2D eigenvalue weighted by Gasteiger charge is 2.36. The molecule has 1 N–H and O–H groups in total. The summed E-state index contributed by atoms with van der Waals surface area (Å²) in [4.78, 5) is 17.1. The summed E-state index contributed by atoms with van der Waals surface area (Å²) in [7, 11) is 0. The largest absolute Gasteiger partial charge is 0.486 e. The number of nitrogens with one attached hydrogen (secondary N) is 1. The number of amidine groups is 2. The highest BCUT2D eigenvalue weighted by Crippen LogP contribution is 2.31. The van der Waals surface area contributed by atoms with Crippen LogP contribution in [0.2, 0.25) is 0 Å². The molecular formula is C28H27N5O2S. The first-order valence-corrected chi connectivity index (χ1v) is 12.5. The lowest BCUT2D eigenvalue weighted by molar-refractivity contribution is -0.114. The van der Waals surface area contributed by atoms with Gasteiger partial charge in [-0.25, -0.2) is 0 Å². The van der Waals surface area contributed by atoms with Crippen molar-refractivity contribution in [2.75, 3.05) is 6.61 Å². The van der Waals surface area contributed by atoms with Gasteiger partial charge in [-0.3, -0.25) is 10.2 Å². The van der Waals surface area contributed by atoms with Gasteiger partial charge in [0.05, 0.1) is 5.57 Å². The Morgan fingerprint density at radius 3 is 2.58 bits per heavy atom. The second kappa shape index (κ2) is 9.28. The normalized spacial score (nSPS) is 16.4. The quantitative estimate of drug-likeness (QED) is 0.457. The summed E-state index contributed by atoms with van der Waals surface area (Å²) >= 11 is 1.25. The van der Waals surface area contributed by atoms with E-state index in [1.165, 1.54) is 27.9 Å². The molecule has 2 aliphatic rings. The van der Waals surface area contributed by atoms with Gasteiger partial charge in [-0.15, -0.1) is 0 Å². The molecule has 2 aliphatic heterocycles. The Labute approximate surface area is 214 Å². The van der Waals surface area contributed by atoms with Crippen molar-refractivity contribution in [2.24, 2.45) is 10.1 Å². The van der Waals surface area contributed by atoms with Crippen LogP contribution >= 0.6 is 11.8 Å². The second-order valence-electron chi connectivity index (χ2n) is 9.02. The minimum absolute atomic E-state index is 0.0138. The summed E-state index contributed by atoms with van der Waals surface area (Å²) in [6, 6.07) is 16.2. The van der Waals surface area contributed by atoms with Gasteiger partial charge in [0.2, 0.25) is 5.17 Å². The fraction of sp³-hybridized carbons (Fsp3) is 0.214. The maximum Gasteiger partial charge on any atom is 0.283 e. The third kappa shape index (κ3) is 4.28. The van der Waals surface area contributed by atoms with Crippen LogP contribution in [0.1, 0.15) is 33.6 Å². The third-order valence-electron chi connectivity index (χ3n) is 6.32. The number of hydrogen-bond acceptors (Lipinski definition) is 5. The van der Waals surface area contributed by atoms with Gasteiger partial charge in [0.15, 0.2) is 5.84 Å². The van der Waals surface area contributed by atoms with Crippen LogP contribution in [0.3, 0.4) is 0 Å². The van der Waals surface area contributed by atoms with Crippen molar-refractivity contribution < 1.29 is 9.53 Å². The average molecular weight is 498 g/mol. The summed E-state index contributed by atoms with van der Waals surface area (Å²) in [5.41, 5.74) is 7.63. The van der Waals surface area contributed by atoms with Gasteiger partial charge >= 0.3 is 0 Å². The fourth-order valence-electron chi connectivity index (χ4n) is 4.37. The van der Waals surface area contributed by atoms with E-state index >= 15 is 0 Å². The van der Waals surface area contributed by atoms with Gasteiger partial charge in [-0.1, -0.05) is 30.3 Å². The van der Waals surface area contributed by atoms with Crippen LogP contribution in [0, 0.1) is 40.0 Å². The lowest BCUT2D eigenvalue weighted by Gasteiger charge is -2.20. The van der Waals surface area contributed by atoms with Crippen molar-refractivity contribution in [3.63, 3.8) is 0 Å². The number of aryl methyl sites for hydroxylation is 4. The van der Waals surface area contributed by atoms with Crippen molar-refractivity contribution in [3.8, 4) is 11.4 Å². The summed E-state index contributed by atoms with van der Waals surface area (Å²) in [5, 5.41) is 15.7. The van der Waals surface area contributed by atoms with Gasteiger partial charge in [0.1, 0.15) is 17.4 Å². The van der Waals surface area contributed by atoms with Gasteiger partial charge < -0.3 is 9.30 Å². The van der Waals surface area contributed by atoms with E-state index in [2.05, 4.69) is 46.7 Å². The molecule has 1 aromatic heterocycles. The molecule has 0 spiro atoms. The van der Waals surface area contributed by atoms with Crippen molar-refractivity contribution in [3.05, 3.63) is 87.7 Å². The lowest BCUT2D eigenvalue weighted by atomic mass is 10.1. The lowest BCUT2D eigenvalue weighted by Crippen LogP contribution is -2.35. The van der Waals surface area contributed by atoms with Crippen LogP contribution in [0.4, 0.5) is 0 Å². The molecule has 5 rings (SSSR count). The van der Waals surface area contributed by atoms with Crippen molar-refractivity contribution >= 4 is 39.8 Å². The van der Waals surface area contributed by atoms with Crippen molar-refractivity contribution in [2.45, 2.75) is 34.6 Å². The maximum absolute atomic E-state index is 12.9. The molecule has 2 aromatic carbocycles. The standard InChI is InChI=1S/C28H27N5O2S/c1-16-10-11-17(2)23(12-16)32-19(4)13-21(20(32)5)14-22-26(29)33-28(30-27(22)34)36-25(31-33)15-35-24-9-7-6-8-18(24)3/h6-14,29H,15H2,1-5H3/b22-14+,29-26?. The first-order chi connectivity index (χ1) is 17.2. The smallest absolute Gasteiger partial charge is 0.283 e. The highest BCUT2D eigenvalue weighted by atomic mass is 32.2. The van der Waals surface area contributed by atoms with E-state index in [0.717, 1.165) is 34.0 Å². The summed E-state index contributed by atoms with van der Waals surface area (Å²) in [6.45, 7) is 10.5. The van der Waals surface area contributed by atoms with E-state index in [1.807, 2.05) is 51.1 Å². The molecule has 0 atom stereocenters. The summed E-state index contributed by atoms with van der Waals surface area (Å²) in [5.74, 6) is 0.352. The SMILES string of the molecule is Cc1ccc(C)c(-n2c(C)cc(/C=C3\C(=N)N4N=C(COc5ccccc5C)SC4=NC3=O)c2C)c1. The molecule has 182 valence electrons. The van der Waals surface area contributed by atoms with Gasteiger partial charge in [0, 0.05) is 17.1 Å². The Hall–Kier alpha value is -3.91. The average Bonchev–Trinajstić information content (AvgIpc) is 3.37. The minimum Gasteiger partial charge on any atom is -0.486 e. The number of carbonyl (C=O) groups excluding carboxylic acids is 1. The molecule has 8 heteroatoms. The van der Waals surface area contributed by atoms with Crippen LogP contribution in [-0.4, -0.2) is 38.1 Å². The molecule has 7 nitrogen and oxygen atoms in total. The molecule has 0 aliphatic carbocycles. The van der Waals surface area contributed by atoms with Crippen molar-refractivity contribution in [1.29, 1.82) is 5.41 Å². The minimum atomic E-state index is -0.438. The van der Waals surface area contributed by atoms with E-state index in [1.54, 1.807) is 6.08 Å². The topological polar surface area (TPSA) is 83.0 Å². The number of ether oxygens (including phenoxy) is 1. The fourth-order valence-corrected chi connectivity index (χ4v) is 5.17. The van der Waals surface area contributed by atoms with Crippen molar-refractivity contribution in [1.82, 2.24) is 9.58 Å². The highest BCUT2D eigenvalue weighted by molar-refractivity contribution is 8.27. The Bertz CT molecular complexity index is 1510. The van der Waals surface area contributed by atoms with E-state index in [-0.39, 0.29) is 18.0 Å². The predicted molar refractivity (Wildman–Crippen MR) is 146 cm³/mol. The molecule has 0 bridgehead atoms. The number of thioether (sulfide) groups is 1. The second-order valence-corrected chi connectivity index (χ2v) is 10.1. The zero-order valence-electron chi connectivity index (χ0n) is 20.9. The number of fused-ring (bicyclic) bond motifs is 1. The number of amides is 1. The van der Waals surface area contributed by atoms with E-state index in [0.29, 0.717) is 10.2 Å². The number of hydrazone groups is 1. The summed E-state index contributed by atoms with van der Waals surface area (Å²) in [6.07, 6.45) is 1.75. The van der Waals surface area contributed by atoms with Crippen LogP contribution in [0.25, 0.3) is 11.8 Å². The van der Waals surface area contributed by atoms with E-state index in [9.17, 15) is 4.79 Å². The first kappa shape index (κ1) is 23.8. The first-order valence-electron chi connectivity index (χ1n) is 11.7. The Morgan fingerprint density at radius 1 is 1.03 bits per heavy atom. The number of benzene rings is 2. The van der Waals surface area contributed by atoms with E-state index in [4.69, 9.17) is 10.1 Å². The van der Waals surface area contributed by atoms with Gasteiger partial charge in [0.25, 0.3) is 5.91 Å². The van der Waals surface area contributed by atoms with Crippen LogP contribution in [0.15, 0.2) is 64.2 Å². The Balaban J connectivity index is 1.42. The van der Waals surface area contributed by atoms with E-state index < -0.39 is 5.91 Å². The maximum atomic E-state index is 12.9. The monoisotopic (exact) mass is 497 g/mol. The van der Waals surface area contributed by atoms with Gasteiger partial charge in [-0.2, -0.15) is 15.1 Å². The molecule has 3 heterocycles. The Morgan fingerprint density at radius 2 is 1.81 bits per heavy atom. The number of nitrogens with zero attached hydrogens (tertiary/aromatic N) is 4. The summed E-state index contributed by atoms with van der Waals surface area (Å²) < 4.78 is 8.08. The zero-order valence-corrected chi connectivity index (χ0v) is 21.7. The Kier molecular flexibility index (Phi) is 6.14. The predicted octanol–water partition coefficient (Wildman–Crippen LogP) is 5.72. The number of carbonyl (C=O) groups is 1. The molecule has 0 saturated carbocycles. The zero-order chi connectivity index (χ0) is 25.6. The number of para-hydroxylation sites is 1. The third-order valence-corrected chi connectivity index (χ3v) is 7.20. The molecule has 36 heavy (non-hydrogen) atoms. The molecular weight excluding hydrogens is 470 g/mol. The van der Waals surface area contributed by atoms with Crippen LogP contribution in [0.5, 0.6) is 5.75 Å². The molecule has 0 fully saturated rings. The van der Waals surface area contributed by atoms with Gasteiger partial charge in [-0.05, 0) is 92.9 Å². The molecule has 0 saturated heterocycles.